The summed E-state index contributed by atoms with van der Waals surface area (Å²) in [6, 6.07) is 7.27. The molecule has 0 heterocycles. The fourth-order valence-corrected chi connectivity index (χ4v) is 1.57. The van der Waals surface area contributed by atoms with Crippen LogP contribution in [0.4, 0.5) is 11.4 Å². The standard InChI is InChI=1S/C12H18N2O3/c1-10(17)13-11-2-4-12(5-3-11)14(6-8-15)7-9-16/h2-5,15-16H,6-9H2,1H3,(H,13,17). The molecule has 5 heteroatoms. The summed E-state index contributed by atoms with van der Waals surface area (Å²) in [5.74, 6) is -0.111. The van der Waals surface area contributed by atoms with E-state index in [1.165, 1.54) is 6.92 Å². The van der Waals surface area contributed by atoms with E-state index in [9.17, 15) is 4.79 Å². The van der Waals surface area contributed by atoms with E-state index < -0.39 is 0 Å². The van der Waals surface area contributed by atoms with Crippen LogP contribution in [0.25, 0.3) is 0 Å². The van der Waals surface area contributed by atoms with Crippen molar-refractivity contribution in [3.8, 4) is 0 Å². The number of nitrogens with zero attached hydrogens (tertiary/aromatic N) is 1. The van der Waals surface area contributed by atoms with Crippen LogP contribution in [0.2, 0.25) is 0 Å². The van der Waals surface area contributed by atoms with Crippen LogP contribution < -0.4 is 10.2 Å². The number of aliphatic hydroxyl groups excluding tert-OH is 2. The van der Waals surface area contributed by atoms with Crippen LogP contribution in [-0.4, -0.2) is 42.4 Å². The summed E-state index contributed by atoms with van der Waals surface area (Å²) >= 11 is 0. The van der Waals surface area contributed by atoms with Gasteiger partial charge < -0.3 is 20.4 Å². The molecule has 17 heavy (non-hydrogen) atoms. The maximum absolute atomic E-state index is 10.8. The molecule has 1 rings (SSSR count). The van der Waals surface area contributed by atoms with Gasteiger partial charge in [-0.05, 0) is 24.3 Å². The average Bonchev–Trinajstić information content (AvgIpc) is 2.29. The smallest absolute Gasteiger partial charge is 0.221 e. The van der Waals surface area contributed by atoms with E-state index in [1.54, 1.807) is 12.1 Å². The highest BCUT2D eigenvalue weighted by atomic mass is 16.3. The van der Waals surface area contributed by atoms with Gasteiger partial charge in [-0.15, -0.1) is 0 Å². The Bertz CT molecular complexity index is 345. The molecule has 0 saturated carbocycles. The number of aliphatic hydroxyl groups is 2. The third-order valence-electron chi connectivity index (χ3n) is 2.29. The highest BCUT2D eigenvalue weighted by Gasteiger charge is 2.05. The van der Waals surface area contributed by atoms with Crippen molar-refractivity contribution in [2.45, 2.75) is 6.92 Å². The Labute approximate surface area is 101 Å². The molecule has 0 aromatic heterocycles. The zero-order chi connectivity index (χ0) is 12.7. The molecule has 0 saturated heterocycles. The van der Waals surface area contributed by atoms with E-state index in [4.69, 9.17) is 10.2 Å². The first-order valence-corrected chi connectivity index (χ1v) is 5.51. The molecule has 3 N–H and O–H groups in total. The molecule has 0 aliphatic rings. The number of benzene rings is 1. The number of nitrogens with one attached hydrogen (secondary N) is 1. The molecule has 5 nitrogen and oxygen atoms in total. The fourth-order valence-electron chi connectivity index (χ4n) is 1.57. The number of amides is 1. The fraction of sp³-hybridized carbons (Fsp3) is 0.417. The van der Waals surface area contributed by atoms with Crippen molar-refractivity contribution in [1.82, 2.24) is 0 Å². The van der Waals surface area contributed by atoms with E-state index in [0.29, 0.717) is 13.1 Å². The van der Waals surface area contributed by atoms with E-state index in [1.807, 2.05) is 17.0 Å². The summed E-state index contributed by atoms with van der Waals surface area (Å²) in [4.78, 5) is 12.7. The SMILES string of the molecule is CC(=O)Nc1ccc(N(CCO)CCO)cc1. The molecule has 1 amide bonds. The number of carbonyl (C=O) groups is 1. The van der Waals surface area contributed by atoms with Gasteiger partial charge in [0.25, 0.3) is 0 Å². The summed E-state index contributed by atoms with van der Waals surface area (Å²) in [6.07, 6.45) is 0. The maximum Gasteiger partial charge on any atom is 0.221 e. The van der Waals surface area contributed by atoms with Gasteiger partial charge in [0.1, 0.15) is 0 Å². The molecule has 0 unspecified atom stereocenters. The van der Waals surface area contributed by atoms with Crippen LogP contribution in [0.5, 0.6) is 0 Å². The maximum atomic E-state index is 10.8. The van der Waals surface area contributed by atoms with Gasteiger partial charge in [-0.25, -0.2) is 0 Å². The second-order valence-electron chi connectivity index (χ2n) is 3.66. The van der Waals surface area contributed by atoms with Gasteiger partial charge in [0.15, 0.2) is 0 Å². The Morgan fingerprint density at radius 1 is 1.18 bits per heavy atom. The Morgan fingerprint density at radius 3 is 2.12 bits per heavy atom. The van der Waals surface area contributed by atoms with Crippen LogP contribution in [0, 0.1) is 0 Å². The lowest BCUT2D eigenvalue weighted by molar-refractivity contribution is -0.114. The molecule has 0 atom stereocenters. The highest BCUT2D eigenvalue weighted by Crippen LogP contribution is 2.17. The number of hydrogen-bond donors (Lipinski definition) is 3. The van der Waals surface area contributed by atoms with Crippen LogP contribution in [-0.2, 0) is 4.79 Å². The van der Waals surface area contributed by atoms with Crippen LogP contribution in [0.1, 0.15) is 6.92 Å². The molecule has 94 valence electrons. The molecule has 0 fully saturated rings. The Kier molecular flexibility index (Phi) is 5.45. The van der Waals surface area contributed by atoms with E-state index in [0.717, 1.165) is 11.4 Å². The van der Waals surface area contributed by atoms with E-state index in [2.05, 4.69) is 5.32 Å². The predicted molar refractivity (Wildman–Crippen MR) is 67.1 cm³/mol. The lowest BCUT2D eigenvalue weighted by atomic mass is 10.2. The van der Waals surface area contributed by atoms with Gasteiger partial charge in [-0.2, -0.15) is 0 Å². The van der Waals surface area contributed by atoms with Gasteiger partial charge in [-0.1, -0.05) is 0 Å². The van der Waals surface area contributed by atoms with Gasteiger partial charge in [0.05, 0.1) is 13.2 Å². The lowest BCUT2D eigenvalue weighted by Crippen LogP contribution is -2.29. The lowest BCUT2D eigenvalue weighted by Gasteiger charge is -2.23. The van der Waals surface area contributed by atoms with Gasteiger partial charge in [0.2, 0.25) is 5.91 Å². The minimum atomic E-state index is -0.111. The Morgan fingerprint density at radius 2 is 1.71 bits per heavy atom. The molecule has 0 radical (unpaired) electrons. The molecule has 1 aromatic carbocycles. The molecule has 0 bridgehead atoms. The van der Waals surface area contributed by atoms with E-state index >= 15 is 0 Å². The van der Waals surface area contributed by atoms with Crippen molar-refractivity contribution >= 4 is 17.3 Å². The second kappa shape index (κ2) is 6.88. The summed E-state index contributed by atoms with van der Waals surface area (Å²) in [7, 11) is 0. The van der Waals surface area contributed by atoms with Crippen molar-refractivity contribution in [2.24, 2.45) is 0 Å². The molecular formula is C12H18N2O3. The Balaban J connectivity index is 2.72. The van der Waals surface area contributed by atoms with Crippen molar-refractivity contribution in [3.05, 3.63) is 24.3 Å². The third kappa shape index (κ3) is 4.42. The summed E-state index contributed by atoms with van der Waals surface area (Å²) < 4.78 is 0. The predicted octanol–water partition coefficient (Wildman–Crippen LogP) is 0.436. The van der Waals surface area contributed by atoms with Gasteiger partial charge in [-0.3, -0.25) is 4.79 Å². The highest BCUT2D eigenvalue weighted by molar-refractivity contribution is 5.88. The van der Waals surface area contributed by atoms with Crippen molar-refractivity contribution in [3.63, 3.8) is 0 Å². The van der Waals surface area contributed by atoms with Gasteiger partial charge in [0, 0.05) is 31.4 Å². The second-order valence-corrected chi connectivity index (χ2v) is 3.66. The quantitative estimate of drug-likeness (QED) is 0.672. The third-order valence-corrected chi connectivity index (χ3v) is 2.29. The molecule has 0 aliphatic heterocycles. The van der Waals surface area contributed by atoms with E-state index in [-0.39, 0.29) is 19.1 Å². The number of carbonyl (C=O) groups excluding carboxylic acids is 1. The minimum Gasteiger partial charge on any atom is -0.395 e. The molecular weight excluding hydrogens is 220 g/mol. The average molecular weight is 238 g/mol. The first kappa shape index (κ1) is 13.5. The summed E-state index contributed by atoms with van der Waals surface area (Å²) in [5.41, 5.74) is 1.64. The monoisotopic (exact) mass is 238 g/mol. The van der Waals surface area contributed by atoms with Gasteiger partial charge >= 0.3 is 0 Å². The minimum absolute atomic E-state index is 0.0352. The topological polar surface area (TPSA) is 72.8 Å². The van der Waals surface area contributed by atoms with Crippen LogP contribution in [0.15, 0.2) is 24.3 Å². The molecule has 0 spiro atoms. The number of anilines is 2. The van der Waals surface area contributed by atoms with Crippen molar-refractivity contribution < 1.29 is 15.0 Å². The number of rotatable bonds is 6. The zero-order valence-corrected chi connectivity index (χ0v) is 9.89. The zero-order valence-electron chi connectivity index (χ0n) is 9.89. The van der Waals surface area contributed by atoms with Crippen molar-refractivity contribution in [2.75, 3.05) is 36.5 Å². The van der Waals surface area contributed by atoms with Crippen molar-refractivity contribution in [1.29, 1.82) is 0 Å². The first-order chi connectivity index (χ1) is 8.17. The largest absolute Gasteiger partial charge is 0.395 e. The number of hydrogen-bond acceptors (Lipinski definition) is 4. The van der Waals surface area contributed by atoms with Crippen LogP contribution >= 0.6 is 0 Å². The molecule has 0 aliphatic carbocycles. The molecule has 1 aromatic rings. The first-order valence-electron chi connectivity index (χ1n) is 5.51. The Hall–Kier alpha value is -1.59. The summed E-state index contributed by atoms with van der Waals surface area (Å²) in [6.45, 7) is 2.47. The normalized spacial score (nSPS) is 10.1. The summed E-state index contributed by atoms with van der Waals surface area (Å²) in [5, 5.41) is 20.5. The van der Waals surface area contributed by atoms with Crippen LogP contribution in [0.3, 0.4) is 0 Å².